The van der Waals surface area contributed by atoms with Crippen LogP contribution in [0.4, 0.5) is 11.5 Å². The molecule has 0 fully saturated rings. The van der Waals surface area contributed by atoms with E-state index in [0.29, 0.717) is 10.8 Å². The number of nitro groups is 1. The first-order valence-corrected chi connectivity index (χ1v) is 5.94. The zero-order chi connectivity index (χ0) is 14.7. The first kappa shape index (κ1) is 14.0. The Morgan fingerprint density at radius 3 is 2.75 bits per heavy atom. The number of halogens is 1. The Balaban J connectivity index is 2.37. The standard InChI is InChI=1S/C12H11ClN4O3/c1-7-2-3-10(9(13)4-7)20-12-6-8(17(18)19)5-11(15-12)16-14/h2-6H,14H2,1H3,(H,15,16). The van der Waals surface area contributed by atoms with E-state index in [1.807, 2.05) is 6.92 Å². The molecule has 0 amide bonds. The Kier molecular flexibility index (Phi) is 4.02. The second-order valence-corrected chi connectivity index (χ2v) is 4.39. The van der Waals surface area contributed by atoms with Crippen molar-refractivity contribution in [3.8, 4) is 11.6 Å². The Morgan fingerprint density at radius 2 is 2.15 bits per heavy atom. The molecule has 2 aromatic rings. The van der Waals surface area contributed by atoms with Crippen LogP contribution in [0.5, 0.6) is 11.6 Å². The van der Waals surface area contributed by atoms with Crippen LogP contribution in [0.1, 0.15) is 5.56 Å². The smallest absolute Gasteiger partial charge is 0.278 e. The van der Waals surface area contributed by atoms with Crippen LogP contribution in [0.15, 0.2) is 30.3 Å². The lowest BCUT2D eigenvalue weighted by atomic mass is 10.2. The number of nitrogens with zero attached hydrogens (tertiary/aromatic N) is 2. The van der Waals surface area contributed by atoms with Gasteiger partial charge in [0.2, 0.25) is 5.88 Å². The first-order valence-electron chi connectivity index (χ1n) is 5.56. The van der Waals surface area contributed by atoms with Crippen molar-refractivity contribution < 1.29 is 9.66 Å². The number of ether oxygens (including phenoxy) is 1. The average Bonchev–Trinajstić information content (AvgIpc) is 2.41. The number of hydrogen-bond acceptors (Lipinski definition) is 6. The lowest BCUT2D eigenvalue weighted by molar-refractivity contribution is -0.384. The first-order chi connectivity index (χ1) is 9.49. The molecule has 0 saturated carbocycles. The summed E-state index contributed by atoms with van der Waals surface area (Å²) in [6, 6.07) is 7.57. The molecule has 0 spiro atoms. The van der Waals surface area contributed by atoms with E-state index in [2.05, 4.69) is 10.4 Å². The van der Waals surface area contributed by atoms with Crippen molar-refractivity contribution in [3.63, 3.8) is 0 Å². The van der Waals surface area contributed by atoms with Crippen molar-refractivity contribution in [1.29, 1.82) is 0 Å². The summed E-state index contributed by atoms with van der Waals surface area (Å²) >= 11 is 6.03. The maximum absolute atomic E-state index is 10.8. The molecule has 20 heavy (non-hydrogen) atoms. The molecule has 2 rings (SSSR count). The van der Waals surface area contributed by atoms with Crippen LogP contribution in [-0.2, 0) is 0 Å². The fourth-order valence-corrected chi connectivity index (χ4v) is 1.80. The van der Waals surface area contributed by atoms with Gasteiger partial charge < -0.3 is 10.2 Å². The van der Waals surface area contributed by atoms with Gasteiger partial charge in [0.25, 0.3) is 5.69 Å². The van der Waals surface area contributed by atoms with Gasteiger partial charge in [0.05, 0.1) is 22.1 Å². The SMILES string of the molecule is Cc1ccc(Oc2cc([N+](=O)[O-])cc(NN)n2)c(Cl)c1. The number of hydrazine groups is 1. The van der Waals surface area contributed by atoms with Gasteiger partial charge in [-0.2, -0.15) is 4.98 Å². The molecule has 7 nitrogen and oxygen atoms in total. The number of aromatic nitrogens is 1. The van der Waals surface area contributed by atoms with Gasteiger partial charge in [0, 0.05) is 0 Å². The molecule has 8 heteroatoms. The van der Waals surface area contributed by atoms with E-state index in [1.165, 1.54) is 12.1 Å². The number of rotatable bonds is 4. The molecular weight excluding hydrogens is 284 g/mol. The summed E-state index contributed by atoms with van der Waals surface area (Å²) in [6.45, 7) is 1.89. The number of anilines is 1. The third-order valence-corrected chi connectivity index (χ3v) is 2.74. The highest BCUT2D eigenvalue weighted by Crippen LogP contribution is 2.31. The fourth-order valence-electron chi connectivity index (χ4n) is 1.52. The van der Waals surface area contributed by atoms with Gasteiger partial charge in [0.1, 0.15) is 5.75 Å². The molecule has 0 bridgehead atoms. The van der Waals surface area contributed by atoms with E-state index in [0.717, 1.165) is 5.56 Å². The van der Waals surface area contributed by atoms with Crippen LogP contribution < -0.4 is 16.0 Å². The van der Waals surface area contributed by atoms with Crippen molar-refractivity contribution in [2.24, 2.45) is 5.84 Å². The lowest BCUT2D eigenvalue weighted by Gasteiger charge is -2.08. The van der Waals surface area contributed by atoms with Crippen molar-refractivity contribution in [2.45, 2.75) is 6.92 Å². The predicted molar refractivity (Wildman–Crippen MR) is 75.0 cm³/mol. The highest BCUT2D eigenvalue weighted by atomic mass is 35.5. The number of hydrogen-bond donors (Lipinski definition) is 2. The van der Waals surface area contributed by atoms with Gasteiger partial charge >= 0.3 is 0 Å². The Bertz CT molecular complexity index is 663. The van der Waals surface area contributed by atoms with Crippen molar-refractivity contribution in [3.05, 3.63) is 51.0 Å². The molecule has 0 aliphatic rings. The van der Waals surface area contributed by atoms with Crippen molar-refractivity contribution in [1.82, 2.24) is 4.98 Å². The summed E-state index contributed by atoms with van der Waals surface area (Å²) in [4.78, 5) is 14.2. The minimum Gasteiger partial charge on any atom is -0.437 e. The average molecular weight is 295 g/mol. The minimum atomic E-state index is -0.563. The molecule has 0 unspecified atom stereocenters. The third-order valence-electron chi connectivity index (χ3n) is 2.45. The Hall–Kier alpha value is -2.38. The van der Waals surface area contributed by atoms with E-state index in [-0.39, 0.29) is 17.4 Å². The molecule has 1 heterocycles. The Morgan fingerprint density at radius 1 is 1.40 bits per heavy atom. The Labute approximate surface area is 119 Å². The fraction of sp³-hybridized carbons (Fsp3) is 0.0833. The van der Waals surface area contributed by atoms with Crippen LogP contribution in [-0.4, -0.2) is 9.91 Å². The van der Waals surface area contributed by atoms with Crippen LogP contribution in [0.2, 0.25) is 5.02 Å². The number of nitrogens with two attached hydrogens (primary N) is 1. The maximum Gasteiger partial charge on any atom is 0.278 e. The maximum atomic E-state index is 10.8. The molecule has 0 aliphatic heterocycles. The largest absolute Gasteiger partial charge is 0.437 e. The highest BCUT2D eigenvalue weighted by molar-refractivity contribution is 6.32. The van der Waals surface area contributed by atoms with Gasteiger partial charge in [-0.1, -0.05) is 17.7 Å². The van der Waals surface area contributed by atoms with E-state index in [4.69, 9.17) is 22.2 Å². The molecule has 0 aliphatic carbocycles. The summed E-state index contributed by atoms with van der Waals surface area (Å²) in [5, 5.41) is 11.2. The zero-order valence-electron chi connectivity index (χ0n) is 10.5. The normalized spacial score (nSPS) is 10.2. The van der Waals surface area contributed by atoms with Crippen LogP contribution in [0.3, 0.4) is 0 Å². The number of nitrogens with one attached hydrogen (secondary N) is 1. The topological polar surface area (TPSA) is 103 Å². The van der Waals surface area contributed by atoms with Crippen LogP contribution in [0, 0.1) is 17.0 Å². The van der Waals surface area contributed by atoms with E-state index in [1.54, 1.807) is 18.2 Å². The molecule has 0 radical (unpaired) electrons. The van der Waals surface area contributed by atoms with E-state index in [9.17, 15) is 10.1 Å². The summed E-state index contributed by atoms with van der Waals surface area (Å²) in [7, 11) is 0. The summed E-state index contributed by atoms with van der Waals surface area (Å²) in [6.07, 6.45) is 0. The number of benzene rings is 1. The molecule has 3 N–H and O–H groups in total. The third kappa shape index (κ3) is 3.14. The molecule has 0 saturated heterocycles. The predicted octanol–water partition coefficient (Wildman–Crippen LogP) is 3.03. The second-order valence-electron chi connectivity index (χ2n) is 3.99. The monoisotopic (exact) mass is 294 g/mol. The van der Waals surface area contributed by atoms with Crippen LogP contribution >= 0.6 is 11.6 Å². The summed E-state index contributed by atoms with van der Waals surface area (Å²) in [5.74, 6) is 5.72. The quantitative estimate of drug-likeness (QED) is 0.510. The summed E-state index contributed by atoms with van der Waals surface area (Å²) in [5.41, 5.74) is 3.03. The van der Waals surface area contributed by atoms with Gasteiger partial charge in [-0.05, 0) is 24.6 Å². The van der Waals surface area contributed by atoms with Gasteiger partial charge in [0.15, 0.2) is 5.82 Å². The lowest BCUT2D eigenvalue weighted by Crippen LogP contribution is -2.09. The molecule has 104 valence electrons. The zero-order valence-corrected chi connectivity index (χ0v) is 11.2. The molecule has 1 aromatic carbocycles. The molecular formula is C12H11ClN4O3. The molecule has 1 aromatic heterocycles. The van der Waals surface area contributed by atoms with Gasteiger partial charge in [-0.25, -0.2) is 5.84 Å². The van der Waals surface area contributed by atoms with E-state index < -0.39 is 4.92 Å². The minimum absolute atomic E-state index is 0.0258. The highest BCUT2D eigenvalue weighted by Gasteiger charge is 2.13. The van der Waals surface area contributed by atoms with Crippen LogP contribution in [0.25, 0.3) is 0 Å². The van der Waals surface area contributed by atoms with E-state index >= 15 is 0 Å². The number of nitrogen functional groups attached to an aromatic ring is 1. The molecule has 0 atom stereocenters. The van der Waals surface area contributed by atoms with Crippen molar-refractivity contribution >= 4 is 23.1 Å². The van der Waals surface area contributed by atoms with Gasteiger partial charge in [-0.3, -0.25) is 10.1 Å². The summed E-state index contributed by atoms with van der Waals surface area (Å²) < 4.78 is 5.45. The number of aryl methyl sites for hydroxylation is 1. The van der Waals surface area contributed by atoms with Gasteiger partial charge in [-0.15, -0.1) is 0 Å². The second kappa shape index (κ2) is 5.72. The van der Waals surface area contributed by atoms with Crippen molar-refractivity contribution in [2.75, 3.05) is 5.43 Å². The number of pyridine rings is 1.